The average Bonchev–Trinajstić information content (AvgIpc) is 2.99. The minimum atomic E-state index is -2.59. The van der Waals surface area contributed by atoms with Crippen LogP contribution in [-0.4, -0.2) is 32.8 Å². The van der Waals surface area contributed by atoms with Crippen molar-refractivity contribution in [1.29, 1.82) is 0 Å². The number of aromatic amines is 1. The van der Waals surface area contributed by atoms with Crippen LogP contribution in [0.1, 0.15) is 51.0 Å². The van der Waals surface area contributed by atoms with Crippen molar-refractivity contribution in [2.24, 2.45) is 0 Å². The Hall–Kier alpha value is -2.31. The van der Waals surface area contributed by atoms with Gasteiger partial charge in [0.05, 0.1) is 5.39 Å². The van der Waals surface area contributed by atoms with E-state index in [2.05, 4.69) is 15.0 Å². The number of H-pyrrole nitrogens is 1. The summed E-state index contributed by atoms with van der Waals surface area (Å²) in [6.07, 6.45) is 7.60. The number of hydrogen-bond acceptors (Lipinski definition) is 4. The second-order valence-corrected chi connectivity index (χ2v) is 6.37. The molecule has 0 unspecified atom stereocenters. The minimum Gasteiger partial charge on any atom is -0.474 e. The Morgan fingerprint density at radius 1 is 1.40 bits per heavy atom. The number of ketones is 1. The highest BCUT2D eigenvalue weighted by atomic mass is 19.3. The van der Waals surface area contributed by atoms with Gasteiger partial charge in [-0.2, -0.15) is 0 Å². The van der Waals surface area contributed by atoms with Gasteiger partial charge in [-0.25, -0.2) is 18.7 Å². The van der Waals surface area contributed by atoms with Crippen LogP contribution in [0.15, 0.2) is 18.6 Å². The van der Waals surface area contributed by atoms with E-state index in [1.807, 2.05) is 6.92 Å². The summed E-state index contributed by atoms with van der Waals surface area (Å²) in [7, 11) is 0. The lowest BCUT2D eigenvalue weighted by Gasteiger charge is -2.28. The highest BCUT2D eigenvalue weighted by molar-refractivity contribution is 5.97. The number of nitrogens with one attached hydrogen (secondary N) is 1. The molecule has 1 fully saturated rings. The minimum absolute atomic E-state index is 0.0469. The molecule has 0 saturated heterocycles. The van der Waals surface area contributed by atoms with Crippen LogP contribution < -0.4 is 4.74 Å². The third-order valence-corrected chi connectivity index (χ3v) is 4.35. The number of aromatic nitrogens is 3. The standard InChI is InChI=1S/C18H21F2N3O2/c1-2-3-13(24)5-4-12-10-21-16-15(12)17(23-11-22-16)25-14-6-8-18(19,20)9-7-14/h4-5,10-11,14H,2-3,6-9H2,1H3,(H,21,22,23)/b5-4+. The van der Waals surface area contributed by atoms with Crippen molar-refractivity contribution in [3.05, 3.63) is 24.2 Å². The molecule has 0 bridgehead atoms. The smallest absolute Gasteiger partial charge is 0.248 e. The molecule has 1 saturated carbocycles. The summed E-state index contributed by atoms with van der Waals surface area (Å²) in [5.41, 5.74) is 1.34. The third-order valence-electron chi connectivity index (χ3n) is 4.35. The van der Waals surface area contributed by atoms with Crippen molar-refractivity contribution >= 4 is 22.9 Å². The van der Waals surface area contributed by atoms with Gasteiger partial charge >= 0.3 is 0 Å². The van der Waals surface area contributed by atoms with E-state index in [0.29, 0.717) is 36.2 Å². The number of nitrogens with zero attached hydrogens (tertiary/aromatic N) is 2. The Labute approximate surface area is 144 Å². The SMILES string of the molecule is CCCC(=O)/C=C/c1c[nH]c2ncnc(OC3CCC(F)(F)CC3)c12. The summed E-state index contributed by atoms with van der Waals surface area (Å²) in [6.45, 7) is 1.95. The van der Waals surface area contributed by atoms with Gasteiger partial charge < -0.3 is 9.72 Å². The van der Waals surface area contributed by atoms with Gasteiger partial charge in [0.2, 0.25) is 11.8 Å². The molecule has 0 aliphatic heterocycles. The molecule has 0 amide bonds. The van der Waals surface area contributed by atoms with Crippen LogP contribution in [0.3, 0.4) is 0 Å². The topological polar surface area (TPSA) is 67.9 Å². The molecule has 5 nitrogen and oxygen atoms in total. The fourth-order valence-electron chi connectivity index (χ4n) is 2.98. The lowest BCUT2D eigenvalue weighted by atomic mass is 9.94. The maximum absolute atomic E-state index is 13.3. The first kappa shape index (κ1) is 17.5. The second-order valence-electron chi connectivity index (χ2n) is 6.37. The van der Waals surface area contributed by atoms with Crippen LogP contribution in [0.5, 0.6) is 5.88 Å². The molecule has 0 spiro atoms. The zero-order chi connectivity index (χ0) is 17.9. The molecule has 0 aromatic carbocycles. The zero-order valence-electron chi connectivity index (χ0n) is 14.1. The molecule has 2 aromatic heterocycles. The van der Waals surface area contributed by atoms with Crippen molar-refractivity contribution in [3.8, 4) is 5.88 Å². The van der Waals surface area contributed by atoms with Gasteiger partial charge in [0.1, 0.15) is 18.1 Å². The third kappa shape index (κ3) is 4.21. The van der Waals surface area contributed by atoms with Crippen molar-refractivity contribution in [1.82, 2.24) is 15.0 Å². The quantitative estimate of drug-likeness (QED) is 0.790. The maximum atomic E-state index is 13.3. The number of ether oxygens (including phenoxy) is 1. The van der Waals surface area contributed by atoms with E-state index in [-0.39, 0.29) is 24.7 Å². The molecule has 1 aliphatic rings. The monoisotopic (exact) mass is 349 g/mol. The molecule has 1 N–H and O–H groups in total. The fourth-order valence-corrected chi connectivity index (χ4v) is 2.98. The van der Waals surface area contributed by atoms with Crippen molar-refractivity contribution in [2.45, 2.75) is 57.5 Å². The average molecular weight is 349 g/mol. The Bertz CT molecular complexity index is 776. The number of halogens is 2. The molecule has 3 rings (SSSR count). The first-order valence-electron chi connectivity index (χ1n) is 8.56. The first-order valence-corrected chi connectivity index (χ1v) is 8.56. The Morgan fingerprint density at radius 3 is 2.88 bits per heavy atom. The van der Waals surface area contributed by atoms with E-state index >= 15 is 0 Å². The number of alkyl halides is 2. The molecule has 0 radical (unpaired) electrons. The van der Waals surface area contributed by atoms with Gasteiger partial charge in [-0.3, -0.25) is 4.79 Å². The van der Waals surface area contributed by atoms with Crippen LogP contribution in [0.2, 0.25) is 0 Å². The Balaban J connectivity index is 1.81. The summed E-state index contributed by atoms with van der Waals surface area (Å²) in [6, 6.07) is 0. The van der Waals surface area contributed by atoms with Gasteiger partial charge in [-0.05, 0) is 31.4 Å². The molecule has 1 aliphatic carbocycles. The molecular formula is C18H21F2N3O2. The summed E-state index contributed by atoms with van der Waals surface area (Å²) in [5.74, 6) is -2.18. The Morgan fingerprint density at radius 2 is 2.16 bits per heavy atom. The van der Waals surface area contributed by atoms with E-state index in [0.717, 1.165) is 12.0 Å². The molecule has 134 valence electrons. The van der Waals surface area contributed by atoms with Gasteiger partial charge in [0, 0.05) is 31.0 Å². The number of rotatable bonds is 6. The fraction of sp³-hybridized carbons (Fsp3) is 0.500. The number of carbonyl (C=O) groups excluding carboxylic acids is 1. The summed E-state index contributed by atoms with van der Waals surface area (Å²) >= 11 is 0. The van der Waals surface area contributed by atoms with Crippen LogP contribution in [0.25, 0.3) is 17.1 Å². The normalized spacial score (nSPS) is 18.0. The second kappa shape index (κ2) is 7.29. The predicted octanol–water partition coefficient (Wildman–Crippen LogP) is 4.30. The highest BCUT2D eigenvalue weighted by Gasteiger charge is 2.36. The van der Waals surface area contributed by atoms with Crippen LogP contribution in [-0.2, 0) is 4.79 Å². The van der Waals surface area contributed by atoms with Crippen LogP contribution in [0.4, 0.5) is 8.78 Å². The molecular weight excluding hydrogens is 328 g/mol. The molecule has 2 aromatic rings. The van der Waals surface area contributed by atoms with Gasteiger partial charge in [0.15, 0.2) is 5.78 Å². The maximum Gasteiger partial charge on any atom is 0.248 e. The number of allylic oxidation sites excluding steroid dienone is 1. The highest BCUT2D eigenvalue weighted by Crippen LogP contribution is 2.36. The lowest BCUT2D eigenvalue weighted by molar-refractivity contribution is -0.114. The summed E-state index contributed by atoms with van der Waals surface area (Å²) < 4.78 is 32.5. The van der Waals surface area contributed by atoms with E-state index in [1.165, 1.54) is 12.4 Å². The van der Waals surface area contributed by atoms with Crippen molar-refractivity contribution < 1.29 is 18.3 Å². The Kier molecular flexibility index (Phi) is 5.11. The molecule has 0 atom stereocenters. The number of hydrogen-bond donors (Lipinski definition) is 1. The molecule has 25 heavy (non-hydrogen) atoms. The van der Waals surface area contributed by atoms with Crippen molar-refractivity contribution in [2.75, 3.05) is 0 Å². The first-order chi connectivity index (χ1) is 12.0. The molecule has 2 heterocycles. The number of carbonyl (C=O) groups is 1. The van der Waals surface area contributed by atoms with Crippen LogP contribution >= 0.6 is 0 Å². The van der Waals surface area contributed by atoms with Crippen LogP contribution in [0, 0.1) is 0 Å². The van der Waals surface area contributed by atoms with Gasteiger partial charge in [-0.15, -0.1) is 0 Å². The zero-order valence-corrected chi connectivity index (χ0v) is 14.1. The van der Waals surface area contributed by atoms with Gasteiger partial charge in [0.25, 0.3) is 0 Å². The van der Waals surface area contributed by atoms with E-state index in [1.54, 1.807) is 12.3 Å². The summed E-state index contributed by atoms with van der Waals surface area (Å²) in [4.78, 5) is 23.1. The van der Waals surface area contributed by atoms with Crippen molar-refractivity contribution in [3.63, 3.8) is 0 Å². The lowest BCUT2D eigenvalue weighted by Crippen LogP contribution is -2.31. The summed E-state index contributed by atoms with van der Waals surface area (Å²) in [5, 5.41) is 0.667. The van der Waals surface area contributed by atoms with E-state index in [9.17, 15) is 13.6 Å². The van der Waals surface area contributed by atoms with E-state index < -0.39 is 5.92 Å². The number of fused-ring (bicyclic) bond motifs is 1. The largest absolute Gasteiger partial charge is 0.474 e. The van der Waals surface area contributed by atoms with Gasteiger partial charge in [-0.1, -0.05) is 6.92 Å². The van der Waals surface area contributed by atoms with E-state index in [4.69, 9.17) is 4.74 Å². The molecule has 7 heteroatoms. The predicted molar refractivity (Wildman–Crippen MR) is 90.7 cm³/mol.